The van der Waals surface area contributed by atoms with Crippen molar-refractivity contribution in [2.24, 2.45) is 11.8 Å². The summed E-state index contributed by atoms with van der Waals surface area (Å²) in [5.74, 6) is 1.99. The summed E-state index contributed by atoms with van der Waals surface area (Å²) in [7, 11) is 0. The zero-order valence-electron chi connectivity index (χ0n) is 32.2. The SMILES string of the molecule is CCCCCCCCC(CCC)CCCCCCCN(CCCO)CCCCCCCC(CCCCCC)CCCCCCC. The van der Waals surface area contributed by atoms with Crippen LogP contribution in [-0.4, -0.2) is 36.2 Å². The van der Waals surface area contributed by atoms with Crippen molar-refractivity contribution in [2.45, 2.75) is 240 Å². The van der Waals surface area contributed by atoms with Gasteiger partial charge in [-0.1, -0.05) is 220 Å². The molecule has 2 atom stereocenters. The molecule has 0 aliphatic rings. The topological polar surface area (TPSA) is 23.5 Å². The Balaban J connectivity index is 4.03. The van der Waals surface area contributed by atoms with Crippen LogP contribution in [-0.2, 0) is 0 Å². The second-order valence-corrected chi connectivity index (χ2v) is 15.2. The van der Waals surface area contributed by atoms with Gasteiger partial charge in [-0.15, -0.1) is 0 Å². The summed E-state index contributed by atoms with van der Waals surface area (Å²) >= 11 is 0. The minimum atomic E-state index is 0.340. The van der Waals surface area contributed by atoms with Crippen LogP contribution in [0.3, 0.4) is 0 Å². The van der Waals surface area contributed by atoms with Crippen molar-refractivity contribution in [1.82, 2.24) is 4.90 Å². The molecule has 1 N–H and O–H groups in total. The lowest BCUT2D eigenvalue weighted by Gasteiger charge is -2.22. The van der Waals surface area contributed by atoms with Crippen LogP contribution in [0.25, 0.3) is 0 Å². The molecular weight excluding hydrogens is 546 g/mol. The van der Waals surface area contributed by atoms with Crippen molar-refractivity contribution in [3.05, 3.63) is 0 Å². The predicted octanol–water partition coefficient (Wildman–Crippen LogP) is 14.5. The molecule has 0 aromatic heterocycles. The van der Waals surface area contributed by atoms with Gasteiger partial charge in [0.2, 0.25) is 0 Å². The zero-order chi connectivity index (χ0) is 32.9. The first-order chi connectivity index (χ1) is 22.2. The quantitative estimate of drug-likeness (QED) is 0.0679. The summed E-state index contributed by atoms with van der Waals surface area (Å²) in [6.45, 7) is 13.3. The molecule has 0 saturated heterocycles. The van der Waals surface area contributed by atoms with Gasteiger partial charge in [0.15, 0.2) is 0 Å². The van der Waals surface area contributed by atoms with Gasteiger partial charge < -0.3 is 10.0 Å². The number of hydrogen-bond acceptors (Lipinski definition) is 2. The predicted molar refractivity (Wildman–Crippen MR) is 206 cm³/mol. The van der Waals surface area contributed by atoms with Crippen molar-refractivity contribution >= 4 is 0 Å². The van der Waals surface area contributed by atoms with Gasteiger partial charge >= 0.3 is 0 Å². The van der Waals surface area contributed by atoms with Crippen LogP contribution >= 0.6 is 0 Å². The Morgan fingerprint density at radius 3 is 0.956 bits per heavy atom. The molecule has 0 spiro atoms. The summed E-state index contributed by atoms with van der Waals surface area (Å²) in [6, 6.07) is 0. The molecule has 0 rings (SSSR count). The molecule has 0 aromatic carbocycles. The standard InChI is InChI=1S/C43H89NO/c1-5-9-12-15-19-26-33-42(32-8-4)34-27-20-16-22-29-38-44(40-31-41-45)39-30-23-17-21-28-37-43(35-24-14-11-7-3)36-25-18-13-10-6-2/h42-43,45H,5-41H2,1-4H3. The zero-order valence-corrected chi connectivity index (χ0v) is 32.2. The van der Waals surface area contributed by atoms with E-state index < -0.39 is 0 Å². The lowest BCUT2D eigenvalue weighted by atomic mass is 9.89. The fraction of sp³-hybridized carbons (Fsp3) is 1.00. The normalized spacial score (nSPS) is 13.2. The third kappa shape index (κ3) is 33.6. The number of aliphatic hydroxyl groups excluding tert-OH is 1. The minimum Gasteiger partial charge on any atom is -0.396 e. The maximum Gasteiger partial charge on any atom is 0.0443 e. The van der Waals surface area contributed by atoms with Gasteiger partial charge in [0, 0.05) is 13.2 Å². The third-order valence-electron chi connectivity index (χ3n) is 10.7. The number of hydrogen-bond donors (Lipinski definition) is 1. The Labute approximate surface area is 287 Å². The van der Waals surface area contributed by atoms with Crippen LogP contribution in [0, 0.1) is 11.8 Å². The lowest BCUT2D eigenvalue weighted by molar-refractivity contribution is 0.217. The number of unbranched alkanes of at least 4 members (excludes halogenated alkanes) is 20. The second-order valence-electron chi connectivity index (χ2n) is 15.2. The van der Waals surface area contributed by atoms with Crippen LogP contribution in [0.15, 0.2) is 0 Å². The second kappa shape index (κ2) is 38.4. The average Bonchev–Trinajstić information content (AvgIpc) is 3.05. The Hall–Kier alpha value is -0.0800. The number of rotatable bonds is 39. The van der Waals surface area contributed by atoms with Crippen LogP contribution in [0.1, 0.15) is 240 Å². The van der Waals surface area contributed by atoms with Gasteiger partial charge in [0.1, 0.15) is 0 Å². The summed E-state index contributed by atoms with van der Waals surface area (Å²) < 4.78 is 0. The molecule has 0 saturated carbocycles. The Morgan fingerprint density at radius 2 is 0.600 bits per heavy atom. The van der Waals surface area contributed by atoms with Crippen molar-refractivity contribution in [2.75, 3.05) is 26.2 Å². The van der Waals surface area contributed by atoms with E-state index in [0.717, 1.165) is 24.8 Å². The summed E-state index contributed by atoms with van der Waals surface area (Å²) in [5, 5.41) is 9.43. The van der Waals surface area contributed by atoms with E-state index in [9.17, 15) is 5.11 Å². The maximum absolute atomic E-state index is 9.43. The highest BCUT2D eigenvalue weighted by Crippen LogP contribution is 2.25. The van der Waals surface area contributed by atoms with Crippen LogP contribution in [0.2, 0.25) is 0 Å². The number of nitrogens with zero attached hydrogens (tertiary/aromatic N) is 1. The fourth-order valence-electron chi connectivity index (χ4n) is 7.61. The van der Waals surface area contributed by atoms with E-state index in [4.69, 9.17) is 0 Å². The molecular formula is C43H89NO. The third-order valence-corrected chi connectivity index (χ3v) is 10.7. The van der Waals surface area contributed by atoms with E-state index in [-0.39, 0.29) is 0 Å². The fourth-order valence-corrected chi connectivity index (χ4v) is 7.61. The first-order valence-electron chi connectivity index (χ1n) is 21.5. The van der Waals surface area contributed by atoms with E-state index in [1.165, 1.54) is 219 Å². The Morgan fingerprint density at radius 1 is 0.311 bits per heavy atom. The van der Waals surface area contributed by atoms with Crippen LogP contribution < -0.4 is 0 Å². The lowest BCUT2D eigenvalue weighted by Crippen LogP contribution is -2.27. The minimum absolute atomic E-state index is 0.340. The first kappa shape index (κ1) is 44.9. The molecule has 0 amide bonds. The van der Waals surface area contributed by atoms with Crippen molar-refractivity contribution in [1.29, 1.82) is 0 Å². The van der Waals surface area contributed by atoms with Crippen LogP contribution in [0.5, 0.6) is 0 Å². The van der Waals surface area contributed by atoms with E-state index in [2.05, 4.69) is 32.6 Å². The molecule has 2 heteroatoms. The molecule has 0 fully saturated rings. The molecule has 45 heavy (non-hydrogen) atoms. The van der Waals surface area contributed by atoms with Gasteiger partial charge in [-0.25, -0.2) is 0 Å². The highest BCUT2D eigenvalue weighted by molar-refractivity contribution is 4.64. The molecule has 0 radical (unpaired) electrons. The molecule has 0 heterocycles. The van der Waals surface area contributed by atoms with E-state index in [1.807, 2.05) is 0 Å². The number of aliphatic hydroxyl groups is 1. The highest BCUT2D eigenvalue weighted by atomic mass is 16.3. The summed E-state index contributed by atoms with van der Waals surface area (Å²) in [6.07, 6.45) is 46.8. The summed E-state index contributed by atoms with van der Waals surface area (Å²) in [4.78, 5) is 2.67. The van der Waals surface area contributed by atoms with Crippen molar-refractivity contribution < 1.29 is 5.11 Å². The first-order valence-corrected chi connectivity index (χ1v) is 21.5. The molecule has 0 bridgehead atoms. The monoisotopic (exact) mass is 636 g/mol. The van der Waals surface area contributed by atoms with Gasteiger partial charge in [-0.2, -0.15) is 0 Å². The molecule has 0 aliphatic heterocycles. The van der Waals surface area contributed by atoms with Gasteiger partial charge in [0.05, 0.1) is 0 Å². The molecule has 2 nitrogen and oxygen atoms in total. The molecule has 0 aliphatic carbocycles. The summed E-state index contributed by atoms with van der Waals surface area (Å²) in [5.41, 5.74) is 0. The maximum atomic E-state index is 9.43. The highest BCUT2D eigenvalue weighted by Gasteiger charge is 2.10. The van der Waals surface area contributed by atoms with Gasteiger partial charge in [-0.05, 0) is 44.2 Å². The molecule has 272 valence electrons. The smallest absolute Gasteiger partial charge is 0.0443 e. The molecule has 2 unspecified atom stereocenters. The van der Waals surface area contributed by atoms with E-state index >= 15 is 0 Å². The van der Waals surface area contributed by atoms with E-state index in [1.54, 1.807) is 0 Å². The van der Waals surface area contributed by atoms with Crippen molar-refractivity contribution in [3.63, 3.8) is 0 Å². The molecule has 0 aromatic rings. The Kier molecular flexibility index (Phi) is 38.3. The van der Waals surface area contributed by atoms with Gasteiger partial charge in [-0.3, -0.25) is 0 Å². The average molecular weight is 636 g/mol. The van der Waals surface area contributed by atoms with E-state index in [0.29, 0.717) is 6.61 Å². The largest absolute Gasteiger partial charge is 0.396 e. The van der Waals surface area contributed by atoms with Gasteiger partial charge in [0.25, 0.3) is 0 Å². The van der Waals surface area contributed by atoms with Crippen molar-refractivity contribution in [3.8, 4) is 0 Å². The Bertz CT molecular complexity index is 522. The van der Waals surface area contributed by atoms with Crippen LogP contribution in [0.4, 0.5) is 0 Å².